The molecule has 0 radical (unpaired) electrons. The van der Waals surface area contributed by atoms with Gasteiger partial charge in [-0.2, -0.15) is 0 Å². The van der Waals surface area contributed by atoms with E-state index in [1.807, 2.05) is 72.8 Å². The monoisotopic (exact) mass is 395 g/mol. The van der Waals surface area contributed by atoms with Crippen LogP contribution in [0.3, 0.4) is 0 Å². The van der Waals surface area contributed by atoms with Gasteiger partial charge in [0.25, 0.3) is 0 Å². The van der Waals surface area contributed by atoms with Crippen LogP contribution in [-0.2, 0) is 4.79 Å². The summed E-state index contributed by atoms with van der Waals surface area (Å²) in [6.45, 7) is 0. The third-order valence-corrected chi connectivity index (χ3v) is 4.48. The number of hydrogen-bond donors (Lipinski definition) is 3. The van der Waals surface area contributed by atoms with Gasteiger partial charge in [-0.1, -0.05) is 84.4 Å². The molecular formula is C21H18ClN3OS. The molecule has 3 N–H and O–H groups in total. The molecule has 0 aliphatic rings. The van der Waals surface area contributed by atoms with Crippen molar-refractivity contribution in [1.29, 1.82) is 0 Å². The zero-order valence-electron chi connectivity index (χ0n) is 14.4. The first kappa shape index (κ1) is 18.9. The van der Waals surface area contributed by atoms with Gasteiger partial charge < -0.3 is 5.32 Å². The molecule has 0 saturated carbocycles. The van der Waals surface area contributed by atoms with Crippen LogP contribution in [0.1, 0.15) is 17.0 Å². The van der Waals surface area contributed by atoms with Crippen molar-refractivity contribution in [3.63, 3.8) is 0 Å². The van der Waals surface area contributed by atoms with Crippen LogP contribution in [0.25, 0.3) is 0 Å². The minimum atomic E-state index is -0.456. The first-order chi connectivity index (χ1) is 13.1. The number of nitrogens with one attached hydrogen (secondary N) is 3. The van der Waals surface area contributed by atoms with Crippen molar-refractivity contribution >= 4 is 40.5 Å². The van der Waals surface area contributed by atoms with Crippen molar-refractivity contribution in [2.24, 2.45) is 0 Å². The molecule has 4 nitrogen and oxygen atoms in total. The molecule has 3 aromatic carbocycles. The summed E-state index contributed by atoms with van der Waals surface area (Å²) in [7, 11) is 0. The van der Waals surface area contributed by atoms with Crippen LogP contribution in [0, 0.1) is 0 Å². The topological polar surface area (TPSA) is 53.2 Å². The fourth-order valence-corrected chi connectivity index (χ4v) is 3.04. The molecule has 3 rings (SSSR count). The van der Waals surface area contributed by atoms with E-state index >= 15 is 0 Å². The Morgan fingerprint density at radius 2 is 1.30 bits per heavy atom. The maximum absolute atomic E-state index is 12.9. The molecule has 0 atom stereocenters. The molecule has 0 aromatic heterocycles. The number of hydrogen-bond acceptors (Lipinski definition) is 2. The van der Waals surface area contributed by atoms with Gasteiger partial charge in [0, 0.05) is 0 Å². The summed E-state index contributed by atoms with van der Waals surface area (Å²) in [6, 6.07) is 26.4. The summed E-state index contributed by atoms with van der Waals surface area (Å²) >= 11 is 11.3. The highest BCUT2D eigenvalue weighted by Crippen LogP contribution is 2.24. The van der Waals surface area contributed by atoms with Crippen LogP contribution in [0.2, 0.25) is 5.02 Å². The lowest BCUT2D eigenvalue weighted by atomic mass is 9.91. The third kappa shape index (κ3) is 5.06. The predicted molar refractivity (Wildman–Crippen MR) is 114 cm³/mol. The van der Waals surface area contributed by atoms with Crippen LogP contribution >= 0.6 is 23.8 Å². The minimum Gasteiger partial charge on any atom is -0.330 e. The van der Waals surface area contributed by atoms with Crippen molar-refractivity contribution in [2.75, 3.05) is 5.32 Å². The van der Waals surface area contributed by atoms with Crippen molar-refractivity contribution in [3.05, 3.63) is 101 Å². The van der Waals surface area contributed by atoms with Crippen LogP contribution in [-0.4, -0.2) is 11.0 Å². The Morgan fingerprint density at radius 1 is 0.778 bits per heavy atom. The first-order valence-corrected chi connectivity index (χ1v) is 9.15. The summed E-state index contributed by atoms with van der Waals surface area (Å²) in [6.07, 6.45) is 0. The lowest BCUT2D eigenvalue weighted by Crippen LogP contribution is -2.45. The van der Waals surface area contributed by atoms with Crippen molar-refractivity contribution in [3.8, 4) is 0 Å². The number of amides is 1. The molecule has 0 unspecified atom stereocenters. The standard InChI is InChI=1S/C21H18ClN3OS/c22-17-13-7-8-14-18(17)23-21(27)25-24-20(26)19(15-9-3-1-4-10-15)16-11-5-2-6-12-16/h1-14,19H,(H,24,26)(H2,23,25,27). The number of carbonyl (C=O) groups is 1. The molecule has 0 heterocycles. The number of carbonyl (C=O) groups excluding carboxylic acids is 1. The predicted octanol–water partition coefficient (Wildman–Crippen LogP) is 4.49. The number of thiocarbonyl (C=S) groups is 1. The summed E-state index contributed by atoms with van der Waals surface area (Å²) < 4.78 is 0. The number of rotatable bonds is 4. The molecule has 6 heteroatoms. The fourth-order valence-electron chi connectivity index (χ4n) is 2.69. The van der Waals surface area contributed by atoms with Gasteiger partial charge in [-0.15, -0.1) is 0 Å². The lowest BCUT2D eigenvalue weighted by molar-refractivity contribution is -0.122. The molecule has 0 aliphatic carbocycles. The zero-order valence-corrected chi connectivity index (χ0v) is 15.9. The maximum Gasteiger partial charge on any atom is 0.250 e. The normalized spacial score (nSPS) is 10.3. The van der Waals surface area contributed by atoms with Gasteiger partial charge in [0.2, 0.25) is 5.91 Å². The maximum atomic E-state index is 12.9. The minimum absolute atomic E-state index is 0.212. The fraction of sp³-hybridized carbons (Fsp3) is 0.0476. The Balaban J connectivity index is 1.70. The summed E-state index contributed by atoms with van der Waals surface area (Å²) in [4.78, 5) is 12.9. The van der Waals surface area contributed by atoms with E-state index < -0.39 is 5.92 Å². The van der Waals surface area contributed by atoms with E-state index in [-0.39, 0.29) is 11.0 Å². The highest BCUT2D eigenvalue weighted by molar-refractivity contribution is 7.80. The van der Waals surface area contributed by atoms with E-state index in [4.69, 9.17) is 23.8 Å². The lowest BCUT2D eigenvalue weighted by Gasteiger charge is -2.19. The number of hydrazine groups is 1. The van der Waals surface area contributed by atoms with E-state index in [0.717, 1.165) is 11.1 Å². The summed E-state index contributed by atoms with van der Waals surface area (Å²) in [5.41, 5.74) is 7.88. The molecule has 0 aliphatic heterocycles. The number of benzene rings is 3. The van der Waals surface area contributed by atoms with E-state index in [1.165, 1.54) is 0 Å². The van der Waals surface area contributed by atoms with E-state index in [0.29, 0.717) is 10.7 Å². The molecule has 1 amide bonds. The highest BCUT2D eigenvalue weighted by Gasteiger charge is 2.22. The van der Waals surface area contributed by atoms with Crippen molar-refractivity contribution in [2.45, 2.75) is 5.92 Å². The molecule has 0 spiro atoms. The average Bonchev–Trinajstić information content (AvgIpc) is 2.70. The Morgan fingerprint density at radius 3 is 1.85 bits per heavy atom. The second kappa shape index (κ2) is 9.16. The summed E-state index contributed by atoms with van der Waals surface area (Å²) in [5.74, 6) is -0.668. The van der Waals surface area contributed by atoms with Gasteiger partial charge in [0.05, 0.1) is 16.6 Å². The van der Waals surface area contributed by atoms with Gasteiger partial charge in [-0.25, -0.2) is 0 Å². The molecule has 0 saturated heterocycles. The quantitative estimate of drug-likeness (QED) is 0.450. The van der Waals surface area contributed by atoms with E-state index in [9.17, 15) is 4.79 Å². The van der Waals surface area contributed by atoms with Crippen molar-refractivity contribution in [1.82, 2.24) is 10.9 Å². The number of halogens is 1. The van der Waals surface area contributed by atoms with Crippen LogP contribution in [0.15, 0.2) is 84.9 Å². The molecule has 3 aromatic rings. The van der Waals surface area contributed by atoms with Gasteiger partial charge in [0.15, 0.2) is 5.11 Å². The Hall–Kier alpha value is -2.89. The molecule has 0 fully saturated rings. The number of para-hydroxylation sites is 1. The van der Waals surface area contributed by atoms with Crippen LogP contribution in [0.4, 0.5) is 5.69 Å². The molecular weight excluding hydrogens is 378 g/mol. The van der Waals surface area contributed by atoms with Crippen LogP contribution in [0.5, 0.6) is 0 Å². The van der Waals surface area contributed by atoms with Crippen molar-refractivity contribution < 1.29 is 4.79 Å². The average molecular weight is 396 g/mol. The smallest absolute Gasteiger partial charge is 0.250 e. The van der Waals surface area contributed by atoms with Gasteiger partial charge >= 0.3 is 0 Å². The Kier molecular flexibility index (Phi) is 6.41. The SMILES string of the molecule is O=C(NNC(=S)Nc1ccccc1Cl)C(c1ccccc1)c1ccccc1. The second-order valence-electron chi connectivity index (χ2n) is 5.80. The van der Waals surface area contributed by atoms with E-state index in [1.54, 1.807) is 12.1 Å². The molecule has 0 bridgehead atoms. The van der Waals surface area contributed by atoms with Gasteiger partial charge in [-0.05, 0) is 35.5 Å². The molecule has 27 heavy (non-hydrogen) atoms. The number of anilines is 1. The highest BCUT2D eigenvalue weighted by atomic mass is 35.5. The van der Waals surface area contributed by atoms with Gasteiger partial charge in [0.1, 0.15) is 0 Å². The first-order valence-electron chi connectivity index (χ1n) is 8.36. The Bertz CT molecular complexity index is 879. The third-order valence-electron chi connectivity index (χ3n) is 3.95. The summed E-state index contributed by atoms with van der Waals surface area (Å²) in [5, 5.41) is 3.75. The molecule has 136 valence electrons. The van der Waals surface area contributed by atoms with Crippen LogP contribution < -0.4 is 16.2 Å². The van der Waals surface area contributed by atoms with E-state index in [2.05, 4.69) is 16.2 Å². The Labute approximate surface area is 168 Å². The largest absolute Gasteiger partial charge is 0.330 e. The second-order valence-corrected chi connectivity index (χ2v) is 6.62. The zero-order chi connectivity index (χ0) is 19.1. The van der Waals surface area contributed by atoms with Gasteiger partial charge in [-0.3, -0.25) is 15.6 Å².